The van der Waals surface area contributed by atoms with Crippen molar-refractivity contribution in [2.75, 3.05) is 0 Å². The third kappa shape index (κ3) is 2.94. The molecule has 0 aliphatic carbocycles. The number of aliphatic hydroxyl groups excluding tert-OH is 1. The van der Waals surface area contributed by atoms with Crippen LogP contribution in [0.1, 0.15) is 23.5 Å². The minimum Gasteiger partial charge on any atom is -0.440 e. The van der Waals surface area contributed by atoms with Gasteiger partial charge < -0.3 is 9.84 Å². The van der Waals surface area contributed by atoms with Crippen LogP contribution in [0.4, 0.5) is 10.1 Å². The van der Waals surface area contributed by atoms with Crippen molar-refractivity contribution in [3.63, 3.8) is 0 Å². The first-order valence-electron chi connectivity index (χ1n) is 5.78. The third-order valence-corrected chi connectivity index (χ3v) is 3.83. The van der Waals surface area contributed by atoms with Crippen LogP contribution in [0.2, 0.25) is 0 Å². The summed E-state index contributed by atoms with van der Waals surface area (Å²) in [4.78, 5) is 10.8. The van der Waals surface area contributed by atoms with Crippen LogP contribution in [0.5, 0.6) is 10.8 Å². The number of benzene rings is 1. The van der Waals surface area contributed by atoms with Crippen molar-refractivity contribution in [1.29, 1.82) is 0 Å². The van der Waals surface area contributed by atoms with Crippen LogP contribution in [0, 0.1) is 22.9 Å². The van der Waals surface area contributed by atoms with E-state index in [9.17, 15) is 19.6 Å². The standard InChI is InChI=1S/C13H12FNO4S/c1-7-3-4-9(5-10(7)14)19-13-11(15(17)18)6-12(20-13)8(2)16/h3-6,8,16H,1-2H3/t8-/m1/s1. The summed E-state index contributed by atoms with van der Waals surface area (Å²) >= 11 is 0.964. The maximum absolute atomic E-state index is 13.4. The maximum Gasteiger partial charge on any atom is 0.323 e. The summed E-state index contributed by atoms with van der Waals surface area (Å²) in [6.07, 6.45) is -0.828. The fraction of sp³-hybridized carbons (Fsp3) is 0.231. The van der Waals surface area contributed by atoms with Gasteiger partial charge in [-0.3, -0.25) is 10.1 Å². The van der Waals surface area contributed by atoms with Gasteiger partial charge >= 0.3 is 5.69 Å². The van der Waals surface area contributed by atoms with Gasteiger partial charge in [0.2, 0.25) is 0 Å². The summed E-state index contributed by atoms with van der Waals surface area (Å²) in [5, 5.41) is 20.4. The average molecular weight is 297 g/mol. The quantitative estimate of drug-likeness (QED) is 0.685. The molecule has 1 heterocycles. The van der Waals surface area contributed by atoms with Gasteiger partial charge in [-0.2, -0.15) is 0 Å². The van der Waals surface area contributed by atoms with Crippen LogP contribution >= 0.6 is 11.3 Å². The number of rotatable bonds is 4. The number of ether oxygens (including phenoxy) is 1. The first-order valence-corrected chi connectivity index (χ1v) is 6.60. The zero-order valence-corrected chi connectivity index (χ0v) is 11.6. The minimum absolute atomic E-state index is 0.0224. The number of nitrogens with zero attached hydrogens (tertiary/aromatic N) is 1. The summed E-state index contributed by atoms with van der Waals surface area (Å²) < 4.78 is 18.8. The van der Waals surface area contributed by atoms with Gasteiger partial charge in [0.25, 0.3) is 5.06 Å². The Labute approximate surface area is 118 Å². The Bertz CT molecular complexity index is 654. The zero-order chi connectivity index (χ0) is 14.9. The van der Waals surface area contributed by atoms with Crippen LogP contribution in [-0.2, 0) is 0 Å². The van der Waals surface area contributed by atoms with E-state index in [4.69, 9.17) is 4.74 Å². The van der Waals surface area contributed by atoms with Crippen molar-refractivity contribution in [3.8, 4) is 10.8 Å². The van der Waals surface area contributed by atoms with Gasteiger partial charge in [-0.1, -0.05) is 17.4 Å². The molecule has 0 bridgehead atoms. The Balaban J connectivity index is 2.36. The van der Waals surface area contributed by atoms with Crippen LogP contribution < -0.4 is 4.74 Å². The van der Waals surface area contributed by atoms with Gasteiger partial charge in [-0.15, -0.1) is 0 Å². The Hall–Kier alpha value is -1.99. The number of halogens is 1. The molecule has 20 heavy (non-hydrogen) atoms. The van der Waals surface area contributed by atoms with Crippen molar-refractivity contribution >= 4 is 17.0 Å². The number of hydrogen-bond acceptors (Lipinski definition) is 5. The molecule has 0 saturated carbocycles. The SMILES string of the molecule is Cc1ccc(Oc2sc([C@@H](C)O)cc2[N+](=O)[O-])cc1F. The molecule has 7 heteroatoms. The molecule has 0 fully saturated rings. The van der Waals surface area contributed by atoms with E-state index in [-0.39, 0.29) is 16.5 Å². The smallest absolute Gasteiger partial charge is 0.323 e. The Morgan fingerprint density at radius 1 is 1.45 bits per heavy atom. The Kier molecular flexibility index (Phi) is 4.01. The van der Waals surface area contributed by atoms with Gasteiger partial charge in [0.15, 0.2) is 0 Å². The lowest BCUT2D eigenvalue weighted by Crippen LogP contribution is -1.90. The lowest BCUT2D eigenvalue weighted by molar-refractivity contribution is -0.385. The summed E-state index contributed by atoms with van der Waals surface area (Å²) in [7, 11) is 0. The third-order valence-electron chi connectivity index (χ3n) is 2.66. The zero-order valence-electron chi connectivity index (χ0n) is 10.8. The second kappa shape index (κ2) is 5.56. The highest BCUT2D eigenvalue weighted by atomic mass is 32.1. The first kappa shape index (κ1) is 14.4. The van der Waals surface area contributed by atoms with E-state index in [2.05, 4.69) is 0 Å². The highest BCUT2D eigenvalue weighted by Gasteiger charge is 2.23. The van der Waals surface area contributed by atoms with Crippen molar-refractivity contribution in [3.05, 3.63) is 50.6 Å². The normalized spacial score (nSPS) is 12.2. The van der Waals surface area contributed by atoms with Crippen LogP contribution in [0.3, 0.4) is 0 Å². The summed E-state index contributed by atoms with van der Waals surface area (Å²) in [6, 6.07) is 5.49. The molecule has 1 N–H and O–H groups in total. The molecule has 0 aliphatic rings. The van der Waals surface area contributed by atoms with Crippen LogP contribution in [0.15, 0.2) is 24.3 Å². The molecular weight excluding hydrogens is 285 g/mol. The fourth-order valence-electron chi connectivity index (χ4n) is 1.53. The molecule has 0 unspecified atom stereocenters. The number of aliphatic hydroxyl groups is 1. The highest BCUT2D eigenvalue weighted by molar-refractivity contribution is 7.14. The van der Waals surface area contributed by atoms with Gasteiger partial charge in [0.1, 0.15) is 11.6 Å². The minimum atomic E-state index is -0.828. The molecule has 2 aromatic rings. The van der Waals surface area contributed by atoms with Crippen molar-refractivity contribution < 1.29 is 19.2 Å². The van der Waals surface area contributed by atoms with E-state index in [1.165, 1.54) is 31.2 Å². The summed E-state index contributed by atoms with van der Waals surface area (Å²) in [5.41, 5.74) is 0.217. The van der Waals surface area contributed by atoms with Gasteiger partial charge in [0.05, 0.1) is 11.0 Å². The lowest BCUT2D eigenvalue weighted by Gasteiger charge is -2.04. The lowest BCUT2D eigenvalue weighted by atomic mass is 10.2. The molecule has 2 rings (SSSR count). The van der Waals surface area contributed by atoms with E-state index >= 15 is 0 Å². The fourth-order valence-corrected chi connectivity index (χ4v) is 2.46. The summed E-state index contributed by atoms with van der Waals surface area (Å²) in [5.74, 6) is -0.271. The van der Waals surface area contributed by atoms with E-state index < -0.39 is 16.8 Å². The molecule has 1 atom stereocenters. The molecule has 0 radical (unpaired) electrons. The molecule has 1 aromatic heterocycles. The van der Waals surface area contributed by atoms with Gasteiger partial charge in [0, 0.05) is 17.0 Å². The van der Waals surface area contributed by atoms with Crippen LogP contribution in [-0.4, -0.2) is 10.0 Å². The van der Waals surface area contributed by atoms with E-state index in [0.29, 0.717) is 10.4 Å². The number of hydrogen-bond donors (Lipinski definition) is 1. The largest absolute Gasteiger partial charge is 0.440 e. The average Bonchev–Trinajstić information content (AvgIpc) is 2.78. The summed E-state index contributed by atoms with van der Waals surface area (Å²) in [6.45, 7) is 3.11. The second-order valence-electron chi connectivity index (χ2n) is 4.27. The molecule has 1 aromatic carbocycles. The number of nitro groups is 1. The van der Waals surface area contributed by atoms with E-state index in [0.717, 1.165) is 11.3 Å². The van der Waals surface area contributed by atoms with Gasteiger partial charge in [-0.25, -0.2) is 4.39 Å². The predicted octanol–water partition coefficient (Wildman–Crippen LogP) is 3.95. The van der Waals surface area contributed by atoms with E-state index in [1.807, 2.05) is 0 Å². The Morgan fingerprint density at radius 3 is 2.70 bits per heavy atom. The number of thiophene rings is 1. The maximum atomic E-state index is 13.4. The molecule has 0 aliphatic heterocycles. The van der Waals surface area contributed by atoms with Gasteiger partial charge in [-0.05, 0) is 25.5 Å². The monoisotopic (exact) mass is 297 g/mol. The molecular formula is C13H12FNO4S. The topological polar surface area (TPSA) is 72.6 Å². The molecule has 0 amide bonds. The predicted molar refractivity (Wildman–Crippen MR) is 72.8 cm³/mol. The molecule has 0 saturated heterocycles. The Morgan fingerprint density at radius 2 is 2.15 bits per heavy atom. The van der Waals surface area contributed by atoms with Crippen molar-refractivity contribution in [1.82, 2.24) is 0 Å². The molecule has 0 spiro atoms. The first-order chi connectivity index (χ1) is 9.38. The van der Waals surface area contributed by atoms with E-state index in [1.54, 1.807) is 6.92 Å². The highest BCUT2D eigenvalue weighted by Crippen LogP contribution is 2.42. The van der Waals surface area contributed by atoms with Crippen LogP contribution in [0.25, 0.3) is 0 Å². The second-order valence-corrected chi connectivity index (χ2v) is 5.31. The van der Waals surface area contributed by atoms with Crippen molar-refractivity contribution in [2.24, 2.45) is 0 Å². The molecule has 106 valence electrons. The van der Waals surface area contributed by atoms with Crippen molar-refractivity contribution in [2.45, 2.75) is 20.0 Å². The molecule has 5 nitrogen and oxygen atoms in total. The number of aryl methyl sites for hydroxylation is 1.